The molecule has 0 amide bonds. The molecule has 1 aromatic rings. The molecule has 0 radical (unpaired) electrons. The van der Waals surface area contributed by atoms with Crippen molar-refractivity contribution in [3.63, 3.8) is 0 Å². The highest BCUT2D eigenvalue weighted by Crippen LogP contribution is 2.38. The van der Waals surface area contributed by atoms with Crippen molar-refractivity contribution in [1.82, 2.24) is 9.55 Å². The van der Waals surface area contributed by atoms with Crippen LogP contribution in [-0.2, 0) is 4.74 Å². The van der Waals surface area contributed by atoms with E-state index in [4.69, 9.17) is 20.0 Å². The van der Waals surface area contributed by atoms with Gasteiger partial charge < -0.3 is 19.7 Å². The second-order valence-corrected chi connectivity index (χ2v) is 3.95. The summed E-state index contributed by atoms with van der Waals surface area (Å²) in [6, 6.07) is 0.0295. The smallest absolute Gasteiger partial charge is 0.301 e. The molecule has 7 nitrogen and oxygen atoms in total. The summed E-state index contributed by atoms with van der Waals surface area (Å²) in [5.74, 6) is -0.802. The molecule has 17 heavy (non-hydrogen) atoms. The lowest BCUT2D eigenvalue weighted by atomic mass is 10.1. The number of hydrogen-bond donors (Lipinski definition) is 3. The maximum absolute atomic E-state index is 13.2. The van der Waals surface area contributed by atoms with Crippen LogP contribution in [0.2, 0.25) is 0 Å². The molecule has 92 valence electrons. The summed E-state index contributed by atoms with van der Waals surface area (Å²) in [5, 5.41) is 25.9. The van der Waals surface area contributed by atoms with Gasteiger partial charge in [0.25, 0.3) is 0 Å². The molecule has 4 atom stereocenters. The number of hydrogen-bond acceptors (Lipinski definition) is 6. The van der Waals surface area contributed by atoms with E-state index in [9.17, 15) is 9.50 Å². The van der Waals surface area contributed by atoms with Gasteiger partial charge in [0.1, 0.15) is 12.2 Å². The molecule has 0 aromatic carbocycles. The molecule has 1 fully saturated rings. The van der Waals surface area contributed by atoms with E-state index in [-0.39, 0.29) is 12.6 Å². The number of aromatic nitrogens is 2. The zero-order chi connectivity index (χ0) is 12.2. The number of halogens is 1. The van der Waals surface area contributed by atoms with Crippen molar-refractivity contribution >= 4 is 0 Å². The van der Waals surface area contributed by atoms with Crippen LogP contribution in [0.3, 0.4) is 0 Å². The van der Waals surface area contributed by atoms with Crippen LogP contribution in [0.1, 0.15) is 6.23 Å². The number of nitrogens with one attached hydrogen (secondary N) is 1. The average Bonchev–Trinajstić information content (AvgIpc) is 2.78. The molecule has 1 aromatic heterocycles. The van der Waals surface area contributed by atoms with Crippen molar-refractivity contribution < 1.29 is 24.1 Å². The quantitative estimate of drug-likeness (QED) is 0.558. The third kappa shape index (κ3) is 1.38. The highest BCUT2D eigenvalue weighted by atomic mass is 19.1. The van der Waals surface area contributed by atoms with Crippen LogP contribution in [0.25, 0.3) is 0 Å². The van der Waals surface area contributed by atoms with Crippen LogP contribution in [0.5, 0.6) is 6.01 Å². The lowest BCUT2D eigenvalue weighted by Gasteiger charge is -2.14. The fraction of sp³-hybridized carbons (Fsp3) is 0.556. The Labute approximate surface area is 94.6 Å². The Morgan fingerprint density at radius 2 is 2.35 bits per heavy atom. The minimum Gasteiger partial charge on any atom is -0.454 e. The molecule has 2 aliphatic heterocycles. The van der Waals surface area contributed by atoms with Crippen LogP contribution in [-0.4, -0.2) is 44.7 Å². The van der Waals surface area contributed by atoms with Crippen molar-refractivity contribution in [2.24, 2.45) is 0 Å². The maximum Gasteiger partial charge on any atom is 0.301 e. The summed E-state index contributed by atoms with van der Waals surface area (Å²) in [6.45, 7) is -0.347. The number of rotatable bonds is 1. The van der Waals surface area contributed by atoms with Crippen LogP contribution in [0, 0.1) is 11.2 Å². The summed E-state index contributed by atoms with van der Waals surface area (Å²) in [4.78, 5) is 3.60. The van der Waals surface area contributed by atoms with E-state index >= 15 is 0 Å². The van der Waals surface area contributed by atoms with E-state index in [1.165, 1.54) is 4.57 Å². The minimum atomic E-state index is -1.01. The third-order valence-electron chi connectivity index (χ3n) is 2.92. The first kappa shape index (κ1) is 10.6. The van der Waals surface area contributed by atoms with Gasteiger partial charge in [0, 0.05) is 0 Å². The number of ether oxygens (including phenoxy) is 2. The number of fused-ring (bicyclic) bond motifs is 3. The summed E-state index contributed by atoms with van der Waals surface area (Å²) < 4.78 is 25.1. The van der Waals surface area contributed by atoms with E-state index in [2.05, 4.69) is 4.98 Å². The summed E-state index contributed by atoms with van der Waals surface area (Å²) in [6.07, 6.45) is -2.18. The number of aliphatic hydroxyl groups excluding tert-OH is 2. The molecule has 8 heteroatoms. The Hall–Kier alpha value is -1.51. The van der Waals surface area contributed by atoms with Crippen LogP contribution in [0.4, 0.5) is 4.39 Å². The highest BCUT2D eigenvalue weighted by Gasteiger charge is 2.51. The number of nitrogens with zero attached hydrogens (tertiary/aromatic N) is 2. The lowest BCUT2D eigenvalue weighted by Crippen LogP contribution is -2.34. The van der Waals surface area contributed by atoms with E-state index in [0.717, 1.165) is 6.20 Å². The van der Waals surface area contributed by atoms with Gasteiger partial charge in [-0.25, -0.2) is 4.39 Å². The monoisotopic (exact) mass is 243 g/mol. The van der Waals surface area contributed by atoms with Crippen molar-refractivity contribution in [1.29, 1.82) is 5.41 Å². The first-order chi connectivity index (χ1) is 8.11. The van der Waals surface area contributed by atoms with Gasteiger partial charge in [-0.1, -0.05) is 0 Å². The normalized spacial score (nSPS) is 34.3. The molecule has 3 heterocycles. The van der Waals surface area contributed by atoms with E-state index in [1.807, 2.05) is 0 Å². The zero-order valence-corrected chi connectivity index (χ0v) is 8.58. The summed E-state index contributed by atoms with van der Waals surface area (Å²) >= 11 is 0. The highest BCUT2D eigenvalue weighted by molar-refractivity contribution is 5.11. The molecule has 0 unspecified atom stereocenters. The first-order valence-corrected chi connectivity index (χ1v) is 5.06. The van der Waals surface area contributed by atoms with Crippen LogP contribution in [0.15, 0.2) is 6.20 Å². The van der Waals surface area contributed by atoms with Gasteiger partial charge in [-0.15, -0.1) is 0 Å². The standard InChI is InChI=1S/C9H10FN3O4/c10-3-1-13-8-6(5(15)4(2-14)16-8)17-9(13)12-7(3)11/h1,4-6,8,11,14-15H,2H2/t4-,5-,6+,8-/m1/s1. The van der Waals surface area contributed by atoms with Crippen molar-refractivity contribution in [2.45, 2.75) is 24.5 Å². The van der Waals surface area contributed by atoms with Gasteiger partial charge >= 0.3 is 6.01 Å². The molecule has 0 saturated carbocycles. The fourth-order valence-electron chi connectivity index (χ4n) is 2.06. The molecule has 3 N–H and O–H groups in total. The zero-order valence-electron chi connectivity index (χ0n) is 8.58. The Kier molecular flexibility index (Phi) is 2.18. The third-order valence-corrected chi connectivity index (χ3v) is 2.92. The fourth-order valence-corrected chi connectivity index (χ4v) is 2.06. The molecule has 1 saturated heterocycles. The first-order valence-electron chi connectivity index (χ1n) is 5.06. The Bertz CT molecular complexity index is 519. The molecule has 2 aliphatic rings. The number of aliphatic hydroxyl groups is 2. The Balaban J connectivity index is 2.02. The molecule has 0 spiro atoms. The second-order valence-electron chi connectivity index (χ2n) is 3.95. The van der Waals surface area contributed by atoms with Crippen molar-refractivity contribution in [3.8, 4) is 6.01 Å². The maximum atomic E-state index is 13.2. The van der Waals surface area contributed by atoms with Gasteiger partial charge in [0.15, 0.2) is 23.6 Å². The molecule has 3 rings (SSSR count). The predicted molar refractivity (Wildman–Crippen MR) is 49.5 cm³/mol. The van der Waals surface area contributed by atoms with Crippen LogP contribution >= 0.6 is 0 Å². The van der Waals surface area contributed by atoms with E-state index in [0.29, 0.717) is 0 Å². The lowest BCUT2D eigenvalue weighted by molar-refractivity contribution is -0.0437. The minimum absolute atomic E-state index is 0.0295. The predicted octanol–water partition coefficient (Wildman–Crippen LogP) is -1.49. The van der Waals surface area contributed by atoms with Crippen LogP contribution < -0.4 is 10.2 Å². The molecular formula is C9H10FN3O4. The van der Waals surface area contributed by atoms with Gasteiger partial charge in [0.2, 0.25) is 0 Å². The van der Waals surface area contributed by atoms with Gasteiger partial charge in [-0.05, 0) is 0 Å². The SMILES string of the molecule is N=c1nc2n(cc1F)[C@@H]1O[C@H](CO)[C@@H](O)[C@@H]1O2. The van der Waals surface area contributed by atoms with Gasteiger partial charge in [-0.3, -0.25) is 9.98 Å². The van der Waals surface area contributed by atoms with E-state index in [1.54, 1.807) is 0 Å². The Morgan fingerprint density at radius 1 is 1.59 bits per heavy atom. The molecule has 0 aliphatic carbocycles. The Morgan fingerprint density at radius 3 is 3.06 bits per heavy atom. The largest absolute Gasteiger partial charge is 0.454 e. The van der Waals surface area contributed by atoms with Gasteiger partial charge in [-0.2, -0.15) is 4.98 Å². The average molecular weight is 243 g/mol. The molecular weight excluding hydrogens is 233 g/mol. The summed E-state index contributed by atoms with van der Waals surface area (Å²) in [5.41, 5.74) is -0.524. The molecule has 0 bridgehead atoms. The second kappa shape index (κ2) is 3.49. The van der Waals surface area contributed by atoms with Crippen molar-refractivity contribution in [3.05, 3.63) is 17.5 Å². The van der Waals surface area contributed by atoms with Crippen molar-refractivity contribution in [2.75, 3.05) is 6.61 Å². The summed E-state index contributed by atoms with van der Waals surface area (Å²) in [7, 11) is 0. The van der Waals surface area contributed by atoms with E-state index < -0.39 is 35.8 Å². The van der Waals surface area contributed by atoms with Gasteiger partial charge in [0.05, 0.1) is 12.8 Å². The topological polar surface area (TPSA) is 101 Å².